The lowest BCUT2D eigenvalue weighted by atomic mass is 10.1. The van der Waals surface area contributed by atoms with Gasteiger partial charge in [0.05, 0.1) is 13.2 Å². The Morgan fingerprint density at radius 2 is 1.90 bits per heavy atom. The maximum atomic E-state index is 10.9. The maximum Gasteiger partial charge on any atom is 0.305 e. The van der Waals surface area contributed by atoms with Crippen molar-refractivity contribution in [3.63, 3.8) is 0 Å². The van der Waals surface area contributed by atoms with E-state index in [1.807, 2.05) is 25.2 Å². The summed E-state index contributed by atoms with van der Waals surface area (Å²) in [4.78, 5) is 10.9. The molecule has 1 unspecified atom stereocenters. The van der Waals surface area contributed by atoms with Crippen LogP contribution in [0.3, 0.4) is 0 Å². The number of unbranched alkanes of at least 4 members (excludes halogenated alkanes) is 2. The number of methoxy groups -OCH3 is 2. The smallest absolute Gasteiger partial charge is 0.305 e. The van der Waals surface area contributed by atoms with Crippen LogP contribution in [-0.4, -0.2) is 26.3 Å². The Morgan fingerprint density at radius 1 is 1.10 bits per heavy atom. The molecule has 0 aliphatic heterocycles. The second-order valence-corrected chi connectivity index (χ2v) is 4.57. The summed E-state index contributed by atoms with van der Waals surface area (Å²) in [6.45, 7) is 2.02. The largest absolute Gasteiger partial charge is 0.469 e. The molecule has 0 saturated heterocycles. The normalized spacial score (nSPS) is 13.6. The minimum atomic E-state index is -0.126. The van der Waals surface area contributed by atoms with Crippen LogP contribution in [0.1, 0.15) is 45.4 Å². The number of hydrogen-bond acceptors (Lipinski definition) is 3. The van der Waals surface area contributed by atoms with Crippen molar-refractivity contribution < 1.29 is 14.3 Å². The Bertz CT molecular complexity index is 316. The lowest BCUT2D eigenvalue weighted by Crippen LogP contribution is -2.06. The zero-order chi connectivity index (χ0) is 15.1. The van der Waals surface area contributed by atoms with Crippen LogP contribution in [0.25, 0.3) is 0 Å². The number of rotatable bonds is 11. The standard InChI is InChI=1S/C17H28O3/c1-4-5-6-7-8-10-13-16(19-2)14-11-9-12-15-17(18)20-3/h4-5,7-8,10,13,16H,6,9,11-12,14-15H2,1-3H3. The fraction of sp³-hybridized carbons (Fsp3) is 0.588. The minimum Gasteiger partial charge on any atom is -0.469 e. The van der Waals surface area contributed by atoms with Gasteiger partial charge in [-0.15, -0.1) is 0 Å². The molecule has 20 heavy (non-hydrogen) atoms. The summed E-state index contributed by atoms with van der Waals surface area (Å²) in [6, 6.07) is 0. The second-order valence-electron chi connectivity index (χ2n) is 4.57. The first-order chi connectivity index (χ1) is 9.74. The lowest BCUT2D eigenvalue weighted by Gasteiger charge is -2.09. The minimum absolute atomic E-state index is 0.126. The highest BCUT2D eigenvalue weighted by Gasteiger charge is 2.03. The Morgan fingerprint density at radius 3 is 2.55 bits per heavy atom. The van der Waals surface area contributed by atoms with Crippen LogP contribution in [0.5, 0.6) is 0 Å². The summed E-state index contributed by atoms with van der Waals surface area (Å²) < 4.78 is 10.0. The Kier molecular flexibility index (Phi) is 13.1. The third kappa shape index (κ3) is 11.7. The summed E-state index contributed by atoms with van der Waals surface area (Å²) in [5.41, 5.74) is 0. The Hall–Kier alpha value is -1.35. The van der Waals surface area contributed by atoms with Gasteiger partial charge in [-0.3, -0.25) is 4.79 Å². The van der Waals surface area contributed by atoms with Crippen molar-refractivity contribution >= 4 is 5.97 Å². The van der Waals surface area contributed by atoms with Crippen LogP contribution < -0.4 is 0 Å². The molecule has 3 heteroatoms. The van der Waals surface area contributed by atoms with E-state index in [2.05, 4.69) is 23.0 Å². The summed E-state index contributed by atoms with van der Waals surface area (Å²) in [5, 5.41) is 0. The average Bonchev–Trinajstić information content (AvgIpc) is 2.47. The summed E-state index contributed by atoms with van der Waals surface area (Å²) in [5.74, 6) is -0.126. The van der Waals surface area contributed by atoms with Crippen LogP contribution in [0.4, 0.5) is 0 Å². The van der Waals surface area contributed by atoms with Crippen LogP contribution in [0, 0.1) is 0 Å². The highest BCUT2D eigenvalue weighted by atomic mass is 16.5. The van der Waals surface area contributed by atoms with E-state index in [0.717, 1.165) is 32.1 Å². The SMILES string of the molecule is CC=CCC=CC=CC(CCCCCC(=O)OC)OC. The number of allylic oxidation sites excluding steroid dienone is 5. The molecule has 0 aromatic rings. The molecule has 0 aromatic heterocycles. The molecule has 3 nitrogen and oxygen atoms in total. The molecular weight excluding hydrogens is 252 g/mol. The van der Waals surface area contributed by atoms with Crippen molar-refractivity contribution in [1.82, 2.24) is 0 Å². The lowest BCUT2D eigenvalue weighted by molar-refractivity contribution is -0.140. The predicted molar refractivity (Wildman–Crippen MR) is 83.6 cm³/mol. The summed E-state index contributed by atoms with van der Waals surface area (Å²) >= 11 is 0. The first-order valence-corrected chi connectivity index (χ1v) is 7.28. The average molecular weight is 280 g/mol. The molecule has 0 fully saturated rings. The quantitative estimate of drug-likeness (QED) is 0.246. The van der Waals surface area contributed by atoms with Crippen molar-refractivity contribution in [3.8, 4) is 0 Å². The van der Waals surface area contributed by atoms with Crippen molar-refractivity contribution in [3.05, 3.63) is 36.5 Å². The highest BCUT2D eigenvalue weighted by molar-refractivity contribution is 5.68. The van der Waals surface area contributed by atoms with Crippen LogP contribution in [-0.2, 0) is 14.3 Å². The molecule has 0 radical (unpaired) electrons. The van der Waals surface area contributed by atoms with E-state index >= 15 is 0 Å². The molecule has 0 aliphatic carbocycles. The van der Waals surface area contributed by atoms with Crippen LogP contribution in [0.15, 0.2) is 36.5 Å². The molecule has 0 spiro atoms. The Balaban J connectivity index is 3.73. The molecule has 0 saturated carbocycles. The van der Waals surface area contributed by atoms with Crippen LogP contribution in [0.2, 0.25) is 0 Å². The van der Waals surface area contributed by atoms with Crippen molar-refractivity contribution in [2.24, 2.45) is 0 Å². The second kappa shape index (κ2) is 14.1. The number of carbonyl (C=O) groups is 1. The van der Waals surface area contributed by atoms with Gasteiger partial charge in [0.25, 0.3) is 0 Å². The van der Waals surface area contributed by atoms with Crippen molar-refractivity contribution in [2.45, 2.75) is 51.6 Å². The van der Waals surface area contributed by atoms with E-state index in [9.17, 15) is 4.79 Å². The zero-order valence-electron chi connectivity index (χ0n) is 13.0. The van der Waals surface area contributed by atoms with Gasteiger partial charge in [0.2, 0.25) is 0 Å². The molecule has 1 atom stereocenters. The van der Waals surface area contributed by atoms with Gasteiger partial charge in [0.15, 0.2) is 0 Å². The van der Waals surface area contributed by atoms with E-state index < -0.39 is 0 Å². The summed E-state index contributed by atoms with van der Waals surface area (Å²) in [7, 11) is 3.16. The van der Waals surface area contributed by atoms with Crippen molar-refractivity contribution in [2.75, 3.05) is 14.2 Å². The monoisotopic (exact) mass is 280 g/mol. The van der Waals surface area contributed by atoms with Gasteiger partial charge in [-0.05, 0) is 26.2 Å². The third-order valence-electron chi connectivity index (χ3n) is 2.98. The van der Waals surface area contributed by atoms with Gasteiger partial charge in [-0.2, -0.15) is 0 Å². The van der Waals surface area contributed by atoms with Gasteiger partial charge >= 0.3 is 5.97 Å². The topological polar surface area (TPSA) is 35.5 Å². The van der Waals surface area contributed by atoms with E-state index in [0.29, 0.717) is 6.42 Å². The van der Waals surface area contributed by atoms with E-state index in [1.54, 1.807) is 7.11 Å². The third-order valence-corrected chi connectivity index (χ3v) is 2.98. The fourth-order valence-electron chi connectivity index (χ4n) is 1.75. The number of carbonyl (C=O) groups excluding carboxylic acids is 1. The molecule has 0 bridgehead atoms. The number of hydrogen-bond donors (Lipinski definition) is 0. The van der Waals surface area contributed by atoms with Crippen molar-refractivity contribution in [1.29, 1.82) is 0 Å². The zero-order valence-corrected chi connectivity index (χ0v) is 13.0. The predicted octanol–water partition coefficient (Wildman–Crippen LogP) is 4.20. The molecule has 0 aromatic carbocycles. The molecule has 0 N–H and O–H groups in total. The molecule has 0 amide bonds. The number of esters is 1. The maximum absolute atomic E-state index is 10.9. The number of ether oxygens (including phenoxy) is 2. The van der Waals surface area contributed by atoms with Gasteiger partial charge in [-0.25, -0.2) is 0 Å². The van der Waals surface area contributed by atoms with Crippen LogP contribution >= 0.6 is 0 Å². The van der Waals surface area contributed by atoms with Gasteiger partial charge in [0.1, 0.15) is 0 Å². The molecule has 114 valence electrons. The van der Waals surface area contributed by atoms with Gasteiger partial charge in [-0.1, -0.05) is 49.3 Å². The van der Waals surface area contributed by atoms with E-state index in [4.69, 9.17) is 4.74 Å². The van der Waals surface area contributed by atoms with E-state index in [-0.39, 0.29) is 12.1 Å². The molecule has 0 aliphatic rings. The fourth-order valence-corrected chi connectivity index (χ4v) is 1.75. The first kappa shape index (κ1) is 18.7. The van der Waals surface area contributed by atoms with E-state index in [1.165, 1.54) is 7.11 Å². The Labute approximate surface area is 123 Å². The first-order valence-electron chi connectivity index (χ1n) is 7.28. The molecular formula is C17H28O3. The molecule has 0 heterocycles. The molecule has 0 rings (SSSR count). The van der Waals surface area contributed by atoms with Gasteiger partial charge < -0.3 is 9.47 Å². The highest BCUT2D eigenvalue weighted by Crippen LogP contribution is 2.09. The summed E-state index contributed by atoms with van der Waals surface area (Å²) in [6.07, 6.45) is 18.0. The van der Waals surface area contributed by atoms with Gasteiger partial charge in [0, 0.05) is 13.5 Å².